The summed E-state index contributed by atoms with van der Waals surface area (Å²) in [5, 5.41) is 11.5. The summed E-state index contributed by atoms with van der Waals surface area (Å²) in [6, 6.07) is 10.4. The molecule has 0 radical (unpaired) electrons. The van der Waals surface area contributed by atoms with Gasteiger partial charge in [-0.1, -0.05) is 23.7 Å². The van der Waals surface area contributed by atoms with Crippen LogP contribution in [0.15, 0.2) is 36.4 Å². The van der Waals surface area contributed by atoms with Gasteiger partial charge in [0.05, 0.1) is 22.3 Å². The Labute approximate surface area is 114 Å². The van der Waals surface area contributed by atoms with Crippen LogP contribution < -0.4 is 5.32 Å². The predicted octanol–water partition coefficient (Wildman–Crippen LogP) is 4.10. The van der Waals surface area contributed by atoms with Crippen LogP contribution >= 0.6 is 11.6 Å². The van der Waals surface area contributed by atoms with Gasteiger partial charge in [-0.2, -0.15) is 5.26 Å². The molecule has 0 aliphatic heterocycles. The molecule has 0 fully saturated rings. The van der Waals surface area contributed by atoms with Gasteiger partial charge in [-0.3, -0.25) is 0 Å². The largest absolute Gasteiger partial charge is 0.379 e. The Morgan fingerprint density at radius 3 is 2.63 bits per heavy atom. The molecule has 0 aromatic heterocycles. The Kier molecular flexibility index (Phi) is 3.98. The maximum Gasteiger partial charge on any atom is 0.147 e. The molecule has 0 spiro atoms. The van der Waals surface area contributed by atoms with Crippen LogP contribution in [-0.4, -0.2) is 0 Å². The minimum absolute atomic E-state index is 0.0176. The minimum atomic E-state index is -0.536. The Hall–Kier alpha value is -2.12. The average molecular weight is 279 g/mol. The van der Waals surface area contributed by atoms with E-state index in [9.17, 15) is 8.78 Å². The van der Waals surface area contributed by atoms with E-state index in [4.69, 9.17) is 16.9 Å². The van der Waals surface area contributed by atoms with Gasteiger partial charge in [0.25, 0.3) is 0 Å². The second-order valence-corrected chi connectivity index (χ2v) is 4.25. The van der Waals surface area contributed by atoms with E-state index in [-0.39, 0.29) is 22.8 Å². The molecule has 0 saturated carbocycles. The molecule has 0 aliphatic rings. The fourth-order valence-electron chi connectivity index (χ4n) is 1.60. The number of rotatable bonds is 3. The van der Waals surface area contributed by atoms with Gasteiger partial charge in [0.1, 0.15) is 11.6 Å². The molecule has 0 unspecified atom stereocenters. The number of halogens is 3. The molecule has 5 heteroatoms. The summed E-state index contributed by atoms with van der Waals surface area (Å²) < 4.78 is 26.8. The zero-order valence-electron chi connectivity index (χ0n) is 9.75. The summed E-state index contributed by atoms with van der Waals surface area (Å²) >= 11 is 5.80. The van der Waals surface area contributed by atoms with Crippen molar-refractivity contribution in [3.05, 3.63) is 64.2 Å². The molecule has 0 saturated heterocycles. The maximum absolute atomic E-state index is 13.6. The zero-order chi connectivity index (χ0) is 13.8. The summed E-state index contributed by atoms with van der Waals surface area (Å²) in [7, 11) is 0. The van der Waals surface area contributed by atoms with Crippen LogP contribution in [0.3, 0.4) is 0 Å². The molecule has 0 aliphatic carbocycles. The molecule has 2 nitrogen and oxygen atoms in total. The first kappa shape index (κ1) is 13.3. The van der Waals surface area contributed by atoms with Gasteiger partial charge in [0, 0.05) is 6.54 Å². The summed E-state index contributed by atoms with van der Waals surface area (Å²) in [5.74, 6) is -1.05. The highest BCUT2D eigenvalue weighted by atomic mass is 35.5. The Balaban J connectivity index is 2.15. The Morgan fingerprint density at radius 1 is 1.16 bits per heavy atom. The van der Waals surface area contributed by atoms with Gasteiger partial charge in [0.15, 0.2) is 0 Å². The van der Waals surface area contributed by atoms with Gasteiger partial charge in [-0.15, -0.1) is 0 Å². The topological polar surface area (TPSA) is 35.8 Å². The average Bonchev–Trinajstić information content (AvgIpc) is 2.41. The first-order valence-corrected chi connectivity index (χ1v) is 5.86. The number of anilines is 1. The second-order valence-electron chi connectivity index (χ2n) is 3.87. The van der Waals surface area contributed by atoms with E-state index in [0.29, 0.717) is 5.56 Å². The standard InChI is InChI=1S/C14H9ClF2N2/c15-14-10(2-1-3-11(14)16)8-19-13-5-4-9(7-18)6-12(13)17/h1-6,19H,8H2. The highest BCUT2D eigenvalue weighted by Gasteiger charge is 2.07. The summed E-state index contributed by atoms with van der Waals surface area (Å²) in [4.78, 5) is 0. The van der Waals surface area contributed by atoms with Crippen LogP contribution in [0.1, 0.15) is 11.1 Å². The molecule has 0 bridgehead atoms. The van der Waals surface area contributed by atoms with E-state index in [1.165, 1.54) is 24.3 Å². The van der Waals surface area contributed by atoms with Gasteiger partial charge >= 0.3 is 0 Å². The molecule has 96 valence electrons. The van der Waals surface area contributed by atoms with E-state index >= 15 is 0 Å². The van der Waals surface area contributed by atoms with Crippen molar-refractivity contribution in [2.75, 3.05) is 5.32 Å². The van der Waals surface area contributed by atoms with E-state index in [0.717, 1.165) is 6.07 Å². The van der Waals surface area contributed by atoms with E-state index in [1.807, 2.05) is 6.07 Å². The van der Waals surface area contributed by atoms with Crippen molar-refractivity contribution < 1.29 is 8.78 Å². The highest BCUT2D eigenvalue weighted by molar-refractivity contribution is 6.31. The fraction of sp³-hybridized carbons (Fsp3) is 0.0714. The number of hydrogen-bond acceptors (Lipinski definition) is 2. The van der Waals surface area contributed by atoms with E-state index in [2.05, 4.69) is 5.32 Å². The third-order valence-electron chi connectivity index (χ3n) is 2.60. The highest BCUT2D eigenvalue weighted by Crippen LogP contribution is 2.22. The summed E-state index contributed by atoms with van der Waals surface area (Å²) in [6.45, 7) is 0.194. The Morgan fingerprint density at radius 2 is 1.95 bits per heavy atom. The minimum Gasteiger partial charge on any atom is -0.379 e. The zero-order valence-corrected chi connectivity index (χ0v) is 10.5. The van der Waals surface area contributed by atoms with Crippen molar-refractivity contribution in [3.63, 3.8) is 0 Å². The fourth-order valence-corrected chi connectivity index (χ4v) is 1.80. The SMILES string of the molecule is N#Cc1ccc(NCc2cccc(F)c2Cl)c(F)c1. The van der Waals surface area contributed by atoms with Gasteiger partial charge in [0.2, 0.25) is 0 Å². The first-order chi connectivity index (χ1) is 9.11. The maximum atomic E-state index is 13.6. The van der Waals surface area contributed by atoms with Crippen molar-refractivity contribution in [3.8, 4) is 6.07 Å². The molecule has 19 heavy (non-hydrogen) atoms. The lowest BCUT2D eigenvalue weighted by molar-refractivity contribution is 0.625. The van der Waals surface area contributed by atoms with Crippen molar-refractivity contribution in [1.82, 2.24) is 0 Å². The van der Waals surface area contributed by atoms with Gasteiger partial charge in [-0.25, -0.2) is 8.78 Å². The van der Waals surface area contributed by atoms with E-state index < -0.39 is 11.6 Å². The van der Waals surface area contributed by atoms with Crippen molar-refractivity contribution in [2.45, 2.75) is 6.54 Å². The molecular formula is C14H9ClF2N2. The molecule has 0 amide bonds. The van der Waals surface area contributed by atoms with Gasteiger partial charge < -0.3 is 5.32 Å². The lowest BCUT2D eigenvalue weighted by Gasteiger charge is -2.09. The predicted molar refractivity (Wildman–Crippen MR) is 69.9 cm³/mol. The van der Waals surface area contributed by atoms with Crippen LogP contribution in [0, 0.1) is 23.0 Å². The lowest BCUT2D eigenvalue weighted by atomic mass is 10.2. The molecule has 2 aromatic rings. The van der Waals surface area contributed by atoms with Crippen molar-refractivity contribution in [2.24, 2.45) is 0 Å². The molecule has 0 heterocycles. The number of benzene rings is 2. The smallest absolute Gasteiger partial charge is 0.147 e. The molecule has 1 N–H and O–H groups in total. The number of nitriles is 1. The number of nitrogens with zero attached hydrogens (tertiary/aromatic N) is 1. The number of hydrogen-bond donors (Lipinski definition) is 1. The first-order valence-electron chi connectivity index (χ1n) is 5.48. The van der Waals surface area contributed by atoms with Gasteiger partial charge in [-0.05, 0) is 29.8 Å². The third-order valence-corrected chi connectivity index (χ3v) is 3.02. The second kappa shape index (κ2) is 5.68. The quantitative estimate of drug-likeness (QED) is 0.917. The molecule has 2 aromatic carbocycles. The summed E-state index contributed by atoms with van der Waals surface area (Å²) in [6.07, 6.45) is 0. The lowest BCUT2D eigenvalue weighted by Crippen LogP contribution is -2.03. The molecule has 0 atom stereocenters. The van der Waals surface area contributed by atoms with Crippen LogP contribution in [-0.2, 0) is 6.54 Å². The third kappa shape index (κ3) is 3.01. The molecular weight excluding hydrogens is 270 g/mol. The van der Waals surface area contributed by atoms with Crippen LogP contribution in [0.25, 0.3) is 0 Å². The van der Waals surface area contributed by atoms with E-state index in [1.54, 1.807) is 6.07 Å². The number of nitrogens with one attached hydrogen (secondary N) is 1. The van der Waals surface area contributed by atoms with Crippen LogP contribution in [0.2, 0.25) is 5.02 Å². The molecule has 2 rings (SSSR count). The van der Waals surface area contributed by atoms with Crippen molar-refractivity contribution in [1.29, 1.82) is 5.26 Å². The monoisotopic (exact) mass is 278 g/mol. The normalized spacial score (nSPS) is 10.0. The van der Waals surface area contributed by atoms with Crippen LogP contribution in [0.5, 0.6) is 0 Å². The van der Waals surface area contributed by atoms with Crippen molar-refractivity contribution >= 4 is 17.3 Å². The Bertz CT molecular complexity index is 650. The van der Waals surface area contributed by atoms with Crippen LogP contribution in [0.4, 0.5) is 14.5 Å². The summed E-state index contributed by atoms with van der Waals surface area (Å²) in [5.41, 5.74) is 1.01.